The van der Waals surface area contributed by atoms with Gasteiger partial charge in [0.2, 0.25) is 0 Å². The van der Waals surface area contributed by atoms with Crippen molar-refractivity contribution < 1.29 is 19.4 Å². The van der Waals surface area contributed by atoms with Gasteiger partial charge in [0.05, 0.1) is 18.2 Å². The van der Waals surface area contributed by atoms with Crippen LogP contribution in [0.4, 0.5) is 5.69 Å². The van der Waals surface area contributed by atoms with Gasteiger partial charge in [0.1, 0.15) is 11.5 Å². The van der Waals surface area contributed by atoms with Crippen LogP contribution >= 0.6 is 0 Å². The molecule has 0 saturated carbocycles. The molecule has 1 amide bonds. The highest BCUT2D eigenvalue weighted by atomic mass is 16.5. The number of likely N-dealkylation sites (N-methyl/N-ethyl adjacent to an activating group) is 1. The quantitative estimate of drug-likeness (QED) is 0.312. The van der Waals surface area contributed by atoms with Crippen molar-refractivity contribution in [3.8, 4) is 5.75 Å². The van der Waals surface area contributed by atoms with Crippen molar-refractivity contribution in [3.05, 3.63) is 64.7 Å². The highest BCUT2D eigenvalue weighted by Crippen LogP contribution is 2.40. The fourth-order valence-electron chi connectivity index (χ4n) is 4.50. The number of rotatable bonds is 10. The van der Waals surface area contributed by atoms with E-state index in [-0.39, 0.29) is 11.3 Å². The number of nitrogens with zero attached hydrogens (tertiary/aromatic N) is 3. The van der Waals surface area contributed by atoms with Crippen molar-refractivity contribution >= 4 is 23.1 Å². The number of benzene rings is 2. The summed E-state index contributed by atoms with van der Waals surface area (Å²) >= 11 is 0. The number of aliphatic hydroxyl groups is 1. The van der Waals surface area contributed by atoms with E-state index >= 15 is 0 Å². The third-order valence-corrected chi connectivity index (χ3v) is 6.58. The zero-order valence-corrected chi connectivity index (χ0v) is 21.7. The maximum Gasteiger partial charge on any atom is 0.295 e. The average molecular weight is 480 g/mol. The molecule has 1 fully saturated rings. The lowest BCUT2D eigenvalue weighted by Gasteiger charge is -2.28. The second-order valence-corrected chi connectivity index (χ2v) is 8.92. The number of ketones is 1. The zero-order valence-electron chi connectivity index (χ0n) is 21.7. The van der Waals surface area contributed by atoms with E-state index in [1.165, 1.54) is 0 Å². The molecule has 1 saturated heterocycles. The molecule has 0 unspecified atom stereocenters. The molecule has 3 rings (SSSR count). The van der Waals surface area contributed by atoms with Crippen molar-refractivity contribution in [3.63, 3.8) is 0 Å². The predicted molar refractivity (Wildman–Crippen MR) is 140 cm³/mol. The Hall–Kier alpha value is -3.32. The van der Waals surface area contributed by atoms with Gasteiger partial charge in [0.15, 0.2) is 0 Å². The van der Waals surface area contributed by atoms with Gasteiger partial charge in [-0.2, -0.15) is 0 Å². The molecule has 7 nitrogen and oxygen atoms in total. The summed E-state index contributed by atoms with van der Waals surface area (Å²) < 4.78 is 5.56. The third-order valence-electron chi connectivity index (χ3n) is 6.58. The summed E-state index contributed by atoms with van der Waals surface area (Å²) in [5.41, 5.74) is 3.21. The maximum atomic E-state index is 13.3. The fraction of sp³-hybridized carbons (Fsp3) is 0.429. The van der Waals surface area contributed by atoms with E-state index in [1.807, 2.05) is 63.2 Å². The van der Waals surface area contributed by atoms with Crippen LogP contribution in [-0.4, -0.2) is 73.5 Å². The number of hydrogen-bond acceptors (Lipinski definition) is 6. The first-order chi connectivity index (χ1) is 16.7. The lowest BCUT2D eigenvalue weighted by Crippen LogP contribution is -2.38. The summed E-state index contributed by atoms with van der Waals surface area (Å²) in [4.78, 5) is 32.3. The monoisotopic (exact) mass is 479 g/mol. The van der Waals surface area contributed by atoms with Gasteiger partial charge in [-0.25, -0.2) is 0 Å². The molecular formula is C28H37N3O4. The normalized spacial score (nSPS) is 17.3. The Morgan fingerprint density at radius 2 is 1.69 bits per heavy atom. The van der Waals surface area contributed by atoms with Crippen LogP contribution in [0.3, 0.4) is 0 Å². The molecule has 0 aliphatic carbocycles. The number of Topliss-reactive ketones (excluding diaryl/α,β-unsaturated/α-hetero) is 1. The first kappa shape index (κ1) is 26.3. The maximum absolute atomic E-state index is 13.3. The molecule has 35 heavy (non-hydrogen) atoms. The molecule has 1 heterocycles. The predicted octanol–water partition coefficient (Wildman–Crippen LogP) is 4.22. The molecule has 1 atom stereocenters. The molecule has 188 valence electrons. The number of ether oxygens (including phenoxy) is 1. The molecule has 1 aliphatic heterocycles. The minimum Gasteiger partial charge on any atom is -0.507 e. The number of amides is 1. The second-order valence-electron chi connectivity index (χ2n) is 8.92. The Balaban J connectivity index is 2.11. The van der Waals surface area contributed by atoms with E-state index in [2.05, 4.69) is 18.7 Å². The highest BCUT2D eigenvalue weighted by Gasteiger charge is 2.46. The van der Waals surface area contributed by atoms with Crippen molar-refractivity contribution in [1.82, 2.24) is 9.80 Å². The Bertz CT molecular complexity index is 1090. The van der Waals surface area contributed by atoms with Crippen molar-refractivity contribution in [2.45, 2.75) is 33.7 Å². The van der Waals surface area contributed by atoms with E-state index in [1.54, 1.807) is 17.0 Å². The first-order valence-electron chi connectivity index (χ1n) is 12.2. The SMILES string of the molecule is CCOc1ccc(C(O)=C2C(=O)C(=O)N(CCN(CC)CC)[C@@H]2c2ccc(N(C)C)cc2)c(C)c1. The van der Waals surface area contributed by atoms with Crippen LogP contribution in [0.1, 0.15) is 43.5 Å². The number of aliphatic hydroxyl groups excluding tert-OH is 1. The van der Waals surface area contributed by atoms with Gasteiger partial charge in [-0.05, 0) is 68.4 Å². The number of likely N-dealkylation sites (tertiary alicyclic amines) is 1. The van der Waals surface area contributed by atoms with Gasteiger partial charge in [-0.3, -0.25) is 9.59 Å². The number of carbonyl (C=O) groups excluding carboxylic acids is 2. The van der Waals surface area contributed by atoms with Crippen molar-refractivity contribution in [2.75, 3.05) is 51.8 Å². The summed E-state index contributed by atoms with van der Waals surface area (Å²) in [6, 6.07) is 12.4. The largest absolute Gasteiger partial charge is 0.507 e. The summed E-state index contributed by atoms with van der Waals surface area (Å²) in [6.45, 7) is 11.2. The summed E-state index contributed by atoms with van der Waals surface area (Å²) in [5.74, 6) is -0.700. The van der Waals surface area contributed by atoms with Crippen LogP contribution in [0.15, 0.2) is 48.0 Å². The zero-order chi connectivity index (χ0) is 25.7. The molecule has 2 aromatic rings. The first-order valence-corrected chi connectivity index (χ1v) is 12.2. The third kappa shape index (κ3) is 5.51. The van der Waals surface area contributed by atoms with Crippen LogP contribution in [0.5, 0.6) is 5.75 Å². The average Bonchev–Trinajstić information content (AvgIpc) is 3.09. The smallest absolute Gasteiger partial charge is 0.295 e. The van der Waals surface area contributed by atoms with Crippen molar-refractivity contribution in [2.24, 2.45) is 0 Å². The van der Waals surface area contributed by atoms with Crippen LogP contribution < -0.4 is 9.64 Å². The lowest BCUT2D eigenvalue weighted by atomic mass is 9.93. The van der Waals surface area contributed by atoms with Crippen LogP contribution in [-0.2, 0) is 9.59 Å². The van der Waals surface area contributed by atoms with Gasteiger partial charge in [0, 0.05) is 38.4 Å². The minimum absolute atomic E-state index is 0.124. The summed E-state index contributed by atoms with van der Waals surface area (Å²) in [6.07, 6.45) is 0. The fourth-order valence-corrected chi connectivity index (χ4v) is 4.50. The topological polar surface area (TPSA) is 73.3 Å². The summed E-state index contributed by atoms with van der Waals surface area (Å²) in [7, 11) is 3.92. The molecule has 0 radical (unpaired) electrons. The van der Waals surface area contributed by atoms with Gasteiger partial charge < -0.3 is 24.5 Å². The van der Waals surface area contributed by atoms with E-state index in [0.29, 0.717) is 31.0 Å². The van der Waals surface area contributed by atoms with E-state index in [0.717, 1.165) is 29.9 Å². The standard InChI is InChI=1S/C28H37N3O4/c1-7-30(8-2)16-17-31-25(20-10-12-21(13-11-20)29(5)6)24(27(33)28(31)34)26(32)23-15-14-22(35-9-3)18-19(23)4/h10-15,18,25,32H,7-9,16-17H2,1-6H3/t25-/m1/s1. The Labute approximate surface area is 208 Å². The van der Waals surface area contributed by atoms with Gasteiger partial charge >= 0.3 is 0 Å². The highest BCUT2D eigenvalue weighted by molar-refractivity contribution is 6.46. The molecule has 7 heteroatoms. The number of carbonyl (C=O) groups is 2. The van der Waals surface area contributed by atoms with Crippen LogP contribution in [0, 0.1) is 6.92 Å². The van der Waals surface area contributed by atoms with E-state index in [4.69, 9.17) is 4.74 Å². The Kier molecular flexibility index (Phi) is 8.57. The Morgan fingerprint density at radius 3 is 2.23 bits per heavy atom. The van der Waals surface area contributed by atoms with Gasteiger partial charge in [-0.1, -0.05) is 26.0 Å². The molecule has 0 bridgehead atoms. The number of anilines is 1. The Morgan fingerprint density at radius 1 is 1.03 bits per heavy atom. The van der Waals surface area contributed by atoms with E-state index in [9.17, 15) is 14.7 Å². The second kappa shape index (κ2) is 11.4. The van der Waals surface area contributed by atoms with E-state index < -0.39 is 17.7 Å². The van der Waals surface area contributed by atoms with Crippen molar-refractivity contribution in [1.29, 1.82) is 0 Å². The molecule has 0 aromatic heterocycles. The number of hydrogen-bond donors (Lipinski definition) is 1. The van der Waals surface area contributed by atoms with Gasteiger partial charge in [-0.15, -0.1) is 0 Å². The van der Waals surface area contributed by atoms with Crippen LogP contribution in [0.2, 0.25) is 0 Å². The van der Waals surface area contributed by atoms with Crippen LogP contribution in [0.25, 0.3) is 5.76 Å². The minimum atomic E-state index is -0.659. The number of aryl methyl sites for hydroxylation is 1. The lowest BCUT2D eigenvalue weighted by molar-refractivity contribution is -0.140. The molecule has 1 aliphatic rings. The summed E-state index contributed by atoms with van der Waals surface area (Å²) in [5, 5.41) is 11.4. The molecular weight excluding hydrogens is 442 g/mol. The molecule has 0 spiro atoms. The van der Waals surface area contributed by atoms with Gasteiger partial charge in [0.25, 0.3) is 11.7 Å². The molecule has 2 aromatic carbocycles. The molecule has 1 N–H and O–H groups in total.